The number of furan rings is 1. The van der Waals surface area contributed by atoms with Crippen molar-refractivity contribution >= 4 is 22.9 Å². The quantitative estimate of drug-likeness (QED) is 0.737. The van der Waals surface area contributed by atoms with Crippen molar-refractivity contribution in [1.29, 1.82) is 0 Å². The van der Waals surface area contributed by atoms with Gasteiger partial charge in [-0.15, -0.1) is 11.3 Å². The summed E-state index contributed by atoms with van der Waals surface area (Å²) >= 11 is 1.48. The number of nitrogens with zero attached hydrogens (tertiary/aromatic N) is 2. The van der Waals surface area contributed by atoms with E-state index in [2.05, 4.69) is 10.4 Å². The lowest BCUT2D eigenvalue weighted by atomic mass is 10.2. The number of thiophene rings is 1. The first-order valence-corrected chi connectivity index (χ1v) is 8.17. The zero-order valence-corrected chi connectivity index (χ0v) is 13.7. The summed E-state index contributed by atoms with van der Waals surface area (Å²) in [6.07, 6.45) is 1.53. The molecule has 0 saturated carbocycles. The molecule has 124 valence electrons. The number of carbonyl (C=O) groups is 1. The number of hydrogen-bond donors (Lipinski definition) is 2. The molecule has 24 heavy (non-hydrogen) atoms. The summed E-state index contributed by atoms with van der Waals surface area (Å²) in [5, 5.41) is 8.91. The summed E-state index contributed by atoms with van der Waals surface area (Å²) in [6, 6.07) is 7.98. The van der Waals surface area contributed by atoms with E-state index in [-0.39, 0.29) is 18.1 Å². The molecule has 0 unspecified atom stereocenters. The average molecular weight is 344 g/mol. The zero-order chi connectivity index (χ0) is 17.1. The number of carbonyl (C=O) groups excluding carboxylic acids is 1. The highest BCUT2D eigenvalue weighted by Gasteiger charge is 2.20. The van der Waals surface area contributed by atoms with E-state index in [4.69, 9.17) is 10.2 Å². The monoisotopic (exact) mass is 344 g/mol. The molecule has 7 nitrogen and oxygen atoms in total. The Bertz CT molecular complexity index is 885. The molecule has 0 saturated heterocycles. The summed E-state index contributed by atoms with van der Waals surface area (Å²) in [5.41, 5.74) is 5.93. The largest absolute Gasteiger partial charge is 0.467 e. The van der Waals surface area contributed by atoms with Crippen molar-refractivity contribution in [2.75, 3.05) is 5.73 Å². The summed E-state index contributed by atoms with van der Waals surface area (Å²) in [4.78, 5) is 25.4. The van der Waals surface area contributed by atoms with E-state index in [1.165, 1.54) is 23.7 Å². The lowest BCUT2D eigenvalue weighted by Gasteiger charge is -2.15. The minimum Gasteiger partial charge on any atom is -0.467 e. The van der Waals surface area contributed by atoms with Gasteiger partial charge < -0.3 is 15.5 Å². The smallest absolute Gasteiger partial charge is 0.290 e. The highest BCUT2D eigenvalue weighted by Crippen LogP contribution is 2.23. The van der Waals surface area contributed by atoms with Crippen LogP contribution < -0.4 is 16.6 Å². The molecule has 0 aromatic carbocycles. The van der Waals surface area contributed by atoms with Crippen LogP contribution in [0.4, 0.5) is 5.69 Å². The van der Waals surface area contributed by atoms with Crippen LogP contribution in [0.5, 0.6) is 0 Å². The highest BCUT2D eigenvalue weighted by atomic mass is 32.1. The second kappa shape index (κ2) is 6.71. The van der Waals surface area contributed by atoms with E-state index >= 15 is 0 Å². The predicted octanol–water partition coefficient (Wildman–Crippen LogP) is 2.02. The van der Waals surface area contributed by atoms with Crippen LogP contribution in [0.15, 0.2) is 51.2 Å². The molecular weight excluding hydrogens is 328 g/mol. The average Bonchev–Trinajstić information content (AvgIpc) is 3.27. The first kappa shape index (κ1) is 16.0. The van der Waals surface area contributed by atoms with Gasteiger partial charge in [-0.1, -0.05) is 6.07 Å². The summed E-state index contributed by atoms with van der Waals surface area (Å²) in [5.74, 6) is 0.284. The van der Waals surface area contributed by atoms with Gasteiger partial charge in [-0.25, -0.2) is 4.68 Å². The molecule has 0 aliphatic carbocycles. The zero-order valence-electron chi connectivity index (χ0n) is 12.9. The predicted molar refractivity (Wildman–Crippen MR) is 91.5 cm³/mol. The third-order valence-corrected chi connectivity index (χ3v) is 4.39. The van der Waals surface area contributed by atoms with Gasteiger partial charge in [0.25, 0.3) is 5.56 Å². The first-order valence-electron chi connectivity index (χ1n) is 7.29. The van der Waals surface area contributed by atoms with Gasteiger partial charge in [0.1, 0.15) is 23.2 Å². The van der Waals surface area contributed by atoms with E-state index in [0.717, 1.165) is 9.56 Å². The van der Waals surface area contributed by atoms with Crippen LogP contribution in [0.25, 0.3) is 10.6 Å². The number of nitrogen functional groups attached to an aromatic ring is 1. The standard InChI is InChI=1S/C16H16N4O3S/c1-10(15(21)18-9-11-4-2-6-23-11)20-16(22)12(17)8-13(19-20)14-5-3-7-24-14/h2-8,10H,9,17H2,1H3,(H,18,21)/t10-/m1/s1. The van der Waals surface area contributed by atoms with Gasteiger partial charge in [0, 0.05) is 0 Å². The fraction of sp³-hybridized carbons (Fsp3) is 0.188. The van der Waals surface area contributed by atoms with E-state index in [9.17, 15) is 9.59 Å². The molecule has 3 aromatic rings. The Morgan fingerprint density at radius 2 is 2.29 bits per heavy atom. The molecule has 1 amide bonds. The van der Waals surface area contributed by atoms with Gasteiger partial charge in [0.2, 0.25) is 5.91 Å². The Morgan fingerprint density at radius 3 is 2.96 bits per heavy atom. The highest BCUT2D eigenvalue weighted by molar-refractivity contribution is 7.13. The Kier molecular flexibility index (Phi) is 4.48. The third-order valence-electron chi connectivity index (χ3n) is 3.50. The normalized spacial score (nSPS) is 12.0. The second-order valence-corrected chi connectivity index (χ2v) is 6.13. The molecule has 8 heteroatoms. The van der Waals surface area contributed by atoms with Crippen molar-refractivity contribution in [2.45, 2.75) is 19.5 Å². The maximum Gasteiger partial charge on any atom is 0.290 e. The number of amides is 1. The maximum absolute atomic E-state index is 12.3. The Labute approximate surface area is 141 Å². The molecule has 0 spiro atoms. The van der Waals surface area contributed by atoms with Crippen LogP contribution in [-0.2, 0) is 11.3 Å². The number of nitrogens with one attached hydrogen (secondary N) is 1. The molecule has 0 fully saturated rings. The van der Waals surface area contributed by atoms with Crippen molar-refractivity contribution in [2.24, 2.45) is 0 Å². The molecule has 0 bridgehead atoms. The fourth-order valence-electron chi connectivity index (χ4n) is 2.19. The van der Waals surface area contributed by atoms with E-state index in [0.29, 0.717) is 11.5 Å². The molecule has 0 aliphatic heterocycles. The number of hydrogen-bond acceptors (Lipinski definition) is 6. The van der Waals surface area contributed by atoms with Gasteiger partial charge in [-0.3, -0.25) is 9.59 Å². The molecule has 1 atom stereocenters. The van der Waals surface area contributed by atoms with Crippen LogP contribution in [-0.4, -0.2) is 15.7 Å². The number of anilines is 1. The van der Waals surface area contributed by atoms with Crippen LogP contribution >= 0.6 is 11.3 Å². The molecule has 3 N–H and O–H groups in total. The van der Waals surface area contributed by atoms with E-state index in [1.54, 1.807) is 19.1 Å². The molecular formula is C16H16N4O3S. The van der Waals surface area contributed by atoms with Gasteiger partial charge in [-0.2, -0.15) is 5.10 Å². The van der Waals surface area contributed by atoms with Crippen molar-refractivity contribution in [3.05, 3.63) is 58.1 Å². The van der Waals surface area contributed by atoms with Crippen LogP contribution in [0.3, 0.4) is 0 Å². The number of nitrogens with two attached hydrogens (primary N) is 1. The van der Waals surface area contributed by atoms with E-state index < -0.39 is 11.6 Å². The van der Waals surface area contributed by atoms with Gasteiger partial charge >= 0.3 is 0 Å². The Morgan fingerprint density at radius 1 is 1.46 bits per heavy atom. The summed E-state index contributed by atoms with van der Waals surface area (Å²) < 4.78 is 6.28. The lowest BCUT2D eigenvalue weighted by Crippen LogP contribution is -2.37. The Balaban J connectivity index is 1.84. The van der Waals surface area contributed by atoms with Crippen LogP contribution in [0.1, 0.15) is 18.7 Å². The van der Waals surface area contributed by atoms with Crippen LogP contribution in [0.2, 0.25) is 0 Å². The summed E-state index contributed by atoms with van der Waals surface area (Å²) in [7, 11) is 0. The topological polar surface area (TPSA) is 103 Å². The van der Waals surface area contributed by atoms with Crippen molar-refractivity contribution in [3.63, 3.8) is 0 Å². The number of aromatic nitrogens is 2. The first-order chi connectivity index (χ1) is 11.6. The molecule has 3 heterocycles. The minimum atomic E-state index is -0.797. The SMILES string of the molecule is C[C@H](C(=O)NCc1ccco1)n1nc(-c2cccs2)cc(N)c1=O. The number of rotatable bonds is 5. The molecule has 3 aromatic heterocycles. The van der Waals surface area contributed by atoms with Crippen molar-refractivity contribution < 1.29 is 9.21 Å². The minimum absolute atomic E-state index is 0.0547. The molecule has 3 rings (SSSR count). The fourth-order valence-corrected chi connectivity index (χ4v) is 2.87. The molecule has 0 radical (unpaired) electrons. The van der Waals surface area contributed by atoms with Gasteiger partial charge in [-0.05, 0) is 36.6 Å². The second-order valence-electron chi connectivity index (χ2n) is 5.19. The van der Waals surface area contributed by atoms with Crippen LogP contribution in [0, 0.1) is 0 Å². The lowest BCUT2D eigenvalue weighted by molar-refractivity contribution is -0.124. The van der Waals surface area contributed by atoms with Gasteiger partial charge in [0.15, 0.2) is 0 Å². The molecule has 0 aliphatic rings. The Hall–Kier alpha value is -2.87. The van der Waals surface area contributed by atoms with Crippen molar-refractivity contribution in [3.8, 4) is 10.6 Å². The van der Waals surface area contributed by atoms with Gasteiger partial charge in [0.05, 0.1) is 17.7 Å². The van der Waals surface area contributed by atoms with Crippen molar-refractivity contribution in [1.82, 2.24) is 15.1 Å². The summed E-state index contributed by atoms with van der Waals surface area (Å²) in [6.45, 7) is 1.84. The maximum atomic E-state index is 12.3. The third kappa shape index (κ3) is 3.23. The van der Waals surface area contributed by atoms with E-state index in [1.807, 2.05) is 17.5 Å².